The van der Waals surface area contributed by atoms with E-state index in [1.165, 1.54) is 0 Å². The van der Waals surface area contributed by atoms with Gasteiger partial charge >= 0.3 is 0 Å². The SMILES string of the molecule is COc1ccc(Cn2cncc2C(C)N)cc1OC. The molecular weight excluding hydrogens is 242 g/mol. The first-order valence-electron chi connectivity index (χ1n) is 6.12. The average molecular weight is 261 g/mol. The predicted octanol–water partition coefficient (Wildman–Crippen LogP) is 1.97. The molecule has 1 aromatic carbocycles. The Morgan fingerprint density at radius 1 is 1.26 bits per heavy atom. The van der Waals surface area contributed by atoms with Crippen molar-refractivity contribution in [1.82, 2.24) is 9.55 Å². The minimum absolute atomic E-state index is 0.0392. The van der Waals surface area contributed by atoms with Crippen molar-refractivity contribution in [2.75, 3.05) is 14.2 Å². The van der Waals surface area contributed by atoms with E-state index in [1.807, 2.05) is 29.7 Å². The normalized spacial score (nSPS) is 12.2. The molecule has 0 radical (unpaired) electrons. The highest BCUT2D eigenvalue weighted by molar-refractivity contribution is 5.43. The molecule has 5 heteroatoms. The summed E-state index contributed by atoms with van der Waals surface area (Å²) in [5.74, 6) is 1.45. The van der Waals surface area contributed by atoms with Crippen LogP contribution in [0, 0.1) is 0 Å². The molecule has 0 spiro atoms. The van der Waals surface area contributed by atoms with Crippen LogP contribution in [0.25, 0.3) is 0 Å². The van der Waals surface area contributed by atoms with Crippen LogP contribution in [0.5, 0.6) is 11.5 Å². The molecule has 1 heterocycles. The third-order valence-corrected chi connectivity index (χ3v) is 3.01. The quantitative estimate of drug-likeness (QED) is 0.893. The van der Waals surface area contributed by atoms with E-state index in [1.54, 1.807) is 26.7 Å². The van der Waals surface area contributed by atoms with Gasteiger partial charge in [0.2, 0.25) is 0 Å². The van der Waals surface area contributed by atoms with Crippen LogP contribution in [-0.2, 0) is 6.54 Å². The number of hydrogen-bond acceptors (Lipinski definition) is 4. The Bertz CT molecular complexity index is 549. The Kier molecular flexibility index (Phi) is 4.06. The third kappa shape index (κ3) is 2.88. The van der Waals surface area contributed by atoms with E-state index in [9.17, 15) is 0 Å². The maximum atomic E-state index is 5.91. The minimum atomic E-state index is -0.0392. The average Bonchev–Trinajstić information content (AvgIpc) is 2.87. The lowest BCUT2D eigenvalue weighted by molar-refractivity contribution is 0.354. The van der Waals surface area contributed by atoms with Gasteiger partial charge in [0.15, 0.2) is 11.5 Å². The molecule has 0 saturated heterocycles. The third-order valence-electron chi connectivity index (χ3n) is 3.01. The maximum absolute atomic E-state index is 5.91. The van der Waals surface area contributed by atoms with E-state index >= 15 is 0 Å². The zero-order chi connectivity index (χ0) is 13.8. The minimum Gasteiger partial charge on any atom is -0.493 e. The van der Waals surface area contributed by atoms with Gasteiger partial charge in [-0.15, -0.1) is 0 Å². The van der Waals surface area contributed by atoms with Gasteiger partial charge in [-0.2, -0.15) is 0 Å². The highest BCUT2D eigenvalue weighted by Gasteiger charge is 2.09. The number of ether oxygens (including phenoxy) is 2. The molecule has 0 aliphatic rings. The van der Waals surface area contributed by atoms with Crippen LogP contribution in [0.2, 0.25) is 0 Å². The number of aromatic nitrogens is 2. The fourth-order valence-electron chi connectivity index (χ4n) is 2.02. The van der Waals surface area contributed by atoms with Gasteiger partial charge in [0, 0.05) is 18.8 Å². The number of imidazole rings is 1. The summed E-state index contributed by atoms with van der Waals surface area (Å²) in [7, 11) is 3.26. The van der Waals surface area contributed by atoms with E-state index < -0.39 is 0 Å². The topological polar surface area (TPSA) is 62.3 Å². The Balaban J connectivity index is 2.26. The molecule has 0 aliphatic carbocycles. The molecule has 1 unspecified atom stereocenters. The number of benzene rings is 1. The number of hydrogen-bond donors (Lipinski definition) is 1. The van der Waals surface area contributed by atoms with Crippen molar-refractivity contribution in [2.45, 2.75) is 19.5 Å². The number of nitrogens with zero attached hydrogens (tertiary/aromatic N) is 2. The highest BCUT2D eigenvalue weighted by atomic mass is 16.5. The lowest BCUT2D eigenvalue weighted by atomic mass is 10.2. The Morgan fingerprint density at radius 2 is 2.00 bits per heavy atom. The van der Waals surface area contributed by atoms with Crippen molar-refractivity contribution >= 4 is 0 Å². The molecule has 0 fully saturated rings. The molecule has 2 aromatic rings. The molecule has 2 rings (SSSR count). The first kappa shape index (κ1) is 13.4. The molecule has 0 saturated carbocycles. The smallest absolute Gasteiger partial charge is 0.161 e. The molecule has 2 N–H and O–H groups in total. The van der Waals surface area contributed by atoms with Gasteiger partial charge in [0.25, 0.3) is 0 Å². The summed E-state index contributed by atoms with van der Waals surface area (Å²) in [6, 6.07) is 5.83. The van der Waals surface area contributed by atoms with Crippen LogP contribution in [0.4, 0.5) is 0 Å². The van der Waals surface area contributed by atoms with Crippen molar-refractivity contribution in [3.63, 3.8) is 0 Å². The summed E-state index contributed by atoms with van der Waals surface area (Å²) in [4.78, 5) is 4.14. The lowest BCUT2D eigenvalue weighted by Crippen LogP contribution is -2.12. The fraction of sp³-hybridized carbons (Fsp3) is 0.357. The van der Waals surface area contributed by atoms with Gasteiger partial charge in [0.05, 0.1) is 26.2 Å². The van der Waals surface area contributed by atoms with Crippen molar-refractivity contribution in [3.8, 4) is 11.5 Å². The van der Waals surface area contributed by atoms with Crippen molar-refractivity contribution in [2.24, 2.45) is 5.73 Å². The van der Waals surface area contributed by atoms with Gasteiger partial charge in [-0.05, 0) is 24.6 Å². The van der Waals surface area contributed by atoms with Gasteiger partial charge in [-0.1, -0.05) is 6.07 Å². The summed E-state index contributed by atoms with van der Waals surface area (Å²) in [5.41, 5.74) is 8.03. The summed E-state index contributed by atoms with van der Waals surface area (Å²) in [5, 5.41) is 0. The van der Waals surface area contributed by atoms with E-state index in [2.05, 4.69) is 4.98 Å². The molecule has 0 bridgehead atoms. The van der Waals surface area contributed by atoms with Crippen LogP contribution >= 0.6 is 0 Å². The molecular formula is C14H19N3O2. The first-order chi connectivity index (χ1) is 9.15. The first-order valence-corrected chi connectivity index (χ1v) is 6.12. The second kappa shape index (κ2) is 5.75. The van der Waals surface area contributed by atoms with Crippen LogP contribution in [0.3, 0.4) is 0 Å². The summed E-state index contributed by atoms with van der Waals surface area (Å²) in [6.45, 7) is 2.65. The van der Waals surface area contributed by atoms with Crippen molar-refractivity contribution in [3.05, 3.63) is 42.0 Å². The van der Waals surface area contributed by atoms with Gasteiger partial charge in [-0.25, -0.2) is 4.98 Å². The van der Waals surface area contributed by atoms with Crippen LogP contribution in [-0.4, -0.2) is 23.8 Å². The molecule has 0 amide bonds. The molecule has 1 aromatic heterocycles. The second-order valence-corrected chi connectivity index (χ2v) is 4.42. The van der Waals surface area contributed by atoms with Crippen molar-refractivity contribution < 1.29 is 9.47 Å². The number of methoxy groups -OCH3 is 2. The molecule has 1 atom stereocenters. The molecule has 5 nitrogen and oxygen atoms in total. The largest absolute Gasteiger partial charge is 0.493 e. The molecule has 0 aliphatic heterocycles. The Morgan fingerprint density at radius 3 is 2.63 bits per heavy atom. The van der Waals surface area contributed by atoms with E-state index in [0.717, 1.165) is 22.8 Å². The second-order valence-electron chi connectivity index (χ2n) is 4.42. The monoisotopic (exact) mass is 261 g/mol. The van der Waals surface area contributed by atoms with Gasteiger partial charge in [-0.3, -0.25) is 0 Å². The Labute approximate surface area is 113 Å². The van der Waals surface area contributed by atoms with Crippen LogP contribution in [0.1, 0.15) is 24.2 Å². The van der Waals surface area contributed by atoms with Gasteiger partial charge < -0.3 is 19.8 Å². The van der Waals surface area contributed by atoms with E-state index in [4.69, 9.17) is 15.2 Å². The number of rotatable bonds is 5. The fourth-order valence-corrected chi connectivity index (χ4v) is 2.02. The van der Waals surface area contributed by atoms with E-state index in [0.29, 0.717) is 6.54 Å². The summed E-state index contributed by atoms with van der Waals surface area (Å²) >= 11 is 0. The van der Waals surface area contributed by atoms with Crippen molar-refractivity contribution in [1.29, 1.82) is 0 Å². The van der Waals surface area contributed by atoms with E-state index in [-0.39, 0.29) is 6.04 Å². The summed E-state index contributed by atoms with van der Waals surface area (Å²) < 4.78 is 12.6. The zero-order valence-electron chi connectivity index (χ0n) is 11.5. The lowest BCUT2D eigenvalue weighted by Gasteiger charge is -2.13. The number of nitrogens with two attached hydrogens (primary N) is 1. The van der Waals surface area contributed by atoms with Crippen LogP contribution in [0.15, 0.2) is 30.7 Å². The highest BCUT2D eigenvalue weighted by Crippen LogP contribution is 2.28. The van der Waals surface area contributed by atoms with Gasteiger partial charge in [0.1, 0.15) is 0 Å². The summed E-state index contributed by atoms with van der Waals surface area (Å²) in [6.07, 6.45) is 3.58. The van der Waals surface area contributed by atoms with Crippen LogP contribution < -0.4 is 15.2 Å². The predicted molar refractivity (Wildman–Crippen MR) is 73.5 cm³/mol. The molecule has 102 valence electrons. The maximum Gasteiger partial charge on any atom is 0.161 e. The molecule has 19 heavy (non-hydrogen) atoms. The standard InChI is InChI=1S/C14H19N3O2/c1-10(15)12-7-16-9-17(12)8-11-4-5-13(18-2)14(6-11)19-3/h4-7,9-10H,8,15H2,1-3H3. The Hall–Kier alpha value is -2.01. The zero-order valence-corrected chi connectivity index (χ0v) is 11.5.